The number of amides is 2. The van der Waals surface area contributed by atoms with Crippen LogP contribution in [0.2, 0.25) is 5.02 Å². The van der Waals surface area contributed by atoms with Gasteiger partial charge in [0.2, 0.25) is 5.91 Å². The van der Waals surface area contributed by atoms with Gasteiger partial charge in [-0.3, -0.25) is 9.59 Å². The molecule has 2 rings (SSSR count). The molecule has 4 nitrogen and oxygen atoms in total. The Kier molecular flexibility index (Phi) is 5.69. The van der Waals surface area contributed by atoms with Crippen molar-refractivity contribution in [2.45, 2.75) is 18.6 Å². The van der Waals surface area contributed by atoms with Gasteiger partial charge in [-0.15, -0.1) is 0 Å². The molecule has 0 aliphatic heterocycles. The molecule has 0 aliphatic carbocycles. The predicted molar refractivity (Wildman–Crippen MR) is 87.0 cm³/mol. The van der Waals surface area contributed by atoms with Gasteiger partial charge in [0.15, 0.2) is 0 Å². The molecule has 0 spiro atoms. The van der Waals surface area contributed by atoms with Gasteiger partial charge < -0.3 is 11.1 Å². The summed E-state index contributed by atoms with van der Waals surface area (Å²) >= 11 is 5.85. The van der Waals surface area contributed by atoms with Gasteiger partial charge in [0.25, 0.3) is 5.91 Å². The van der Waals surface area contributed by atoms with Gasteiger partial charge in [0.05, 0.1) is 11.1 Å². The summed E-state index contributed by atoms with van der Waals surface area (Å²) in [5.41, 5.74) is 4.21. The SMILES string of the molecule is NC(=O)[C@@H](Cc1cccc(Cl)c1)NC(=O)c1ccccc1C(F)(F)F. The molecule has 0 unspecified atom stereocenters. The lowest BCUT2D eigenvalue weighted by Crippen LogP contribution is -2.46. The van der Waals surface area contributed by atoms with E-state index in [0.717, 1.165) is 12.1 Å². The van der Waals surface area contributed by atoms with Crippen molar-refractivity contribution in [1.82, 2.24) is 5.32 Å². The Labute approximate surface area is 146 Å². The lowest BCUT2D eigenvalue weighted by molar-refractivity contribution is -0.137. The molecule has 0 saturated carbocycles. The zero-order valence-electron chi connectivity index (χ0n) is 12.8. The molecule has 3 N–H and O–H groups in total. The third kappa shape index (κ3) is 4.96. The van der Waals surface area contributed by atoms with Crippen LogP contribution in [0.4, 0.5) is 13.2 Å². The second-order valence-electron chi connectivity index (χ2n) is 5.31. The fourth-order valence-corrected chi connectivity index (χ4v) is 2.50. The van der Waals surface area contributed by atoms with Crippen molar-refractivity contribution in [2.75, 3.05) is 0 Å². The van der Waals surface area contributed by atoms with E-state index in [1.165, 1.54) is 12.1 Å². The average Bonchev–Trinajstić information content (AvgIpc) is 2.53. The van der Waals surface area contributed by atoms with E-state index in [-0.39, 0.29) is 6.42 Å². The molecule has 0 bridgehead atoms. The maximum atomic E-state index is 13.0. The molecule has 0 radical (unpaired) electrons. The van der Waals surface area contributed by atoms with Gasteiger partial charge in [0, 0.05) is 11.4 Å². The van der Waals surface area contributed by atoms with Crippen molar-refractivity contribution in [3.05, 3.63) is 70.2 Å². The zero-order valence-corrected chi connectivity index (χ0v) is 13.6. The zero-order chi connectivity index (χ0) is 18.6. The number of primary amides is 1. The highest BCUT2D eigenvalue weighted by atomic mass is 35.5. The number of hydrogen-bond donors (Lipinski definition) is 2. The number of nitrogens with one attached hydrogen (secondary N) is 1. The maximum absolute atomic E-state index is 13.0. The molecule has 0 aliphatic rings. The van der Waals surface area contributed by atoms with Gasteiger partial charge in [0.1, 0.15) is 6.04 Å². The number of rotatable bonds is 5. The first kappa shape index (κ1) is 18.8. The lowest BCUT2D eigenvalue weighted by atomic mass is 10.0. The number of carbonyl (C=O) groups excluding carboxylic acids is 2. The van der Waals surface area contributed by atoms with Crippen LogP contribution in [-0.4, -0.2) is 17.9 Å². The number of hydrogen-bond acceptors (Lipinski definition) is 2. The molecule has 0 saturated heterocycles. The van der Waals surface area contributed by atoms with E-state index in [9.17, 15) is 22.8 Å². The van der Waals surface area contributed by atoms with E-state index in [1.54, 1.807) is 24.3 Å². The summed E-state index contributed by atoms with van der Waals surface area (Å²) in [5.74, 6) is -1.89. The Morgan fingerprint density at radius 3 is 2.40 bits per heavy atom. The van der Waals surface area contributed by atoms with Crippen molar-refractivity contribution in [3.63, 3.8) is 0 Å². The number of nitrogens with two attached hydrogens (primary N) is 1. The fraction of sp³-hybridized carbons (Fsp3) is 0.176. The molecule has 1 atom stereocenters. The maximum Gasteiger partial charge on any atom is 0.417 e. The Morgan fingerprint density at radius 1 is 1.12 bits per heavy atom. The Hall–Kier alpha value is -2.54. The average molecular weight is 371 g/mol. The van der Waals surface area contributed by atoms with Crippen LogP contribution in [0, 0.1) is 0 Å². The molecular weight excluding hydrogens is 357 g/mol. The molecule has 0 heterocycles. The molecule has 2 aromatic carbocycles. The fourth-order valence-electron chi connectivity index (χ4n) is 2.29. The van der Waals surface area contributed by atoms with Crippen molar-refractivity contribution < 1.29 is 22.8 Å². The van der Waals surface area contributed by atoms with Gasteiger partial charge in [-0.1, -0.05) is 35.9 Å². The third-order valence-corrected chi connectivity index (χ3v) is 3.69. The summed E-state index contributed by atoms with van der Waals surface area (Å²) in [7, 11) is 0. The summed E-state index contributed by atoms with van der Waals surface area (Å²) in [6.07, 6.45) is -4.68. The van der Waals surface area contributed by atoms with Crippen LogP contribution >= 0.6 is 11.6 Å². The molecule has 0 aromatic heterocycles. The highest BCUT2D eigenvalue weighted by Gasteiger charge is 2.35. The minimum absolute atomic E-state index is 0.00974. The van der Waals surface area contributed by atoms with Crippen LogP contribution in [0.15, 0.2) is 48.5 Å². The highest BCUT2D eigenvalue weighted by Crippen LogP contribution is 2.31. The summed E-state index contributed by atoms with van der Waals surface area (Å²) in [5, 5.41) is 2.68. The molecule has 8 heteroatoms. The van der Waals surface area contributed by atoms with E-state index < -0.39 is 35.2 Å². The van der Waals surface area contributed by atoms with Crippen LogP contribution in [-0.2, 0) is 17.4 Å². The second-order valence-corrected chi connectivity index (χ2v) is 5.74. The van der Waals surface area contributed by atoms with Gasteiger partial charge in [-0.05, 0) is 29.8 Å². The van der Waals surface area contributed by atoms with Crippen molar-refractivity contribution in [2.24, 2.45) is 5.73 Å². The summed E-state index contributed by atoms with van der Waals surface area (Å²) in [6.45, 7) is 0. The topological polar surface area (TPSA) is 72.2 Å². The van der Waals surface area contributed by atoms with Crippen molar-refractivity contribution in [3.8, 4) is 0 Å². The first-order valence-electron chi connectivity index (χ1n) is 7.19. The number of carbonyl (C=O) groups is 2. The third-order valence-electron chi connectivity index (χ3n) is 3.45. The quantitative estimate of drug-likeness (QED) is 0.848. The number of halogens is 4. The van der Waals surface area contributed by atoms with E-state index >= 15 is 0 Å². The van der Waals surface area contributed by atoms with E-state index in [2.05, 4.69) is 5.32 Å². The lowest BCUT2D eigenvalue weighted by Gasteiger charge is -2.18. The van der Waals surface area contributed by atoms with Crippen LogP contribution in [0.3, 0.4) is 0 Å². The van der Waals surface area contributed by atoms with E-state index in [1.807, 2.05) is 0 Å². The van der Waals surface area contributed by atoms with Crippen molar-refractivity contribution in [1.29, 1.82) is 0 Å². The Balaban J connectivity index is 2.23. The molecule has 132 valence electrons. The minimum atomic E-state index is -4.69. The minimum Gasteiger partial charge on any atom is -0.368 e. The summed E-state index contributed by atoms with van der Waals surface area (Å²) in [4.78, 5) is 23.8. The first-order valence-corrected chi connectivity index (χ1v) is 7.57. The standard InChI is InChI=1S/C17H14ClF3N2O2/c18-11-5-3-4-10(8-11)9-14(15(22)24)23-16(25)12-6-1-2-7-13(12)17(19,20)21/h1-8,14H,9H2,(H2,22,24)(H,23,25)/t14-/m1/s1. The normalized spacial score (nSPS) is 12.5. The van der Waals surface area contributed by atoms with Crippen LogP contribution < -0.4 is 11.1 Å². The van der Waals surface area contributed by atoms with Crippen LogP contribution in [0.5, 0.6) is 0 Å². The molecular formula is C17H14ClF3N2O2. The monoisotopic (exact) mass is 370 g/mol. The van der Waals surface area contributed by atoms with Gasteiger partial charge >= 0.3 is 6.18 Å². The summed E-state index contributed by atoms with van der Waals surface area (Å²) in [6, 6.07) is 9.66. The smallest absolute Gasteiger partial charge is 0.368 e. The Bertz CT molecular complexity index is 793. The van der Waals surface area contributed by atoms with Gasteiger partial charge in [-0.25, -0.2) is 0 Å². The number of benzene rings is 2. The van der Waals surface area contributed by atoms with E-state index in [4.69, 9.17) is 17.3 Å². The Morgan fingerprint density at radius 2 is 1.80 bits per heavy atom. The molecule has 25 heavy (non-hydrogen) atoms. The van der Waals surface area contributed by atoms with Gasteiger partial charge in [-0.2, -0.15) is 13.2 Å². The predicted octanol–water partition coefficient (Wildman–Crippen LogP) is 3.19. The number of alkyl halides is 3. The van der Waals surface area contributed by atoms with Crippen LogP contribution in [0.25, 0.3) is 0 Å². The molecule has 2 amide bonds. The molecule has 2 aromatic rings. The highest BCUT2D eigenvalue weighted by molar-refractivity contribution is 6.30. The molecule has 0 fully saturated rings. The van der Waals surface area contributed by atoms with Crippen molar-refractivity contribution >= 4 is 23.4 Å². The summed E-state index contributed by atoms with van der Waals surface area (Å²) < 4.78 is 39.0. The van der Waals surface area contributed by atoms with E-state index in [0.29, 0.717) is 10.6 Å². The second kappa shape index (κ2) is 7.57. The largest absolute Gasteiger partial charge is 0.417 e. The first-order chi connectivity index (χ1) is 11.7. The van der Waals surface area contributed by atoms with Crippen LogP contribution in [0.1, 0.15) is 21.5 Å².